The highest BCUT2D eigenvalue weighted by Crippen LogP contribution is 2.24. The van der Waals surface area contributed by atoms with Crippen molar-refractivity contribution in [3.8, 4) is 11.5 Å². The molecule has 0 atom stereocenters. The van der Waals surface area contributed by atoms with Crippen LogP contribution < -0.4 is 5.32 Å². The summed E-state index contributed by atoms with van der Waals surface area (Å²) in [6.07, 6.45) is 3.11. The minimum absolute atomic E-state index is 0.0333. The lowest BCUT2D eigenvalue weighted by Crippen LogP contribution is -2.20. The Morgan fingerprint density at radius 3 is 2.76 bits per heavy atom. The maximum Gasteiger partial charge on any atom is 0.251 e. The zero-order valence-corrected chi connectivity index (χ0v) is 16.6. The number of amides is 1. The third kappa shape index (κ3) is 3.82. The van der Waals surface area contributed by atoms with E-state index in [2.05, 4.69) is 25.5 Å². The quantitative estimate of drug-likeness (QED) is 0.523. The third-order valence-corrected chi connectivity index (χ3v) is 4.40. The van der Waals surface area contributed by atoms with Crippen LogP contribution in [-0.4, -0.2) is 48.6 Å². The normalized spacial score (nSPS) is 11.1. The number of nitrogens with one attached hydrogen (secondary N) is 1. The summed E-state index contributed by atoms with van der Waals surface area (Å²) in [6, 6.07) is 9.05. The van der Waals surface area contributed by atoms with Gasteiger partial charge >= 0.3 is 0 Å². The van der Waals surface area contributed by atoms with Crippen molar-refractivity contribution in [1.82, 2.24) is 29.5 Å². The van der Waals surface area contributed by atoms with Crippen LogP contribution in [0.1, 0.15) is 12.6 Å². The van der Waals surface area contributed by atoms with Gasteiger partial charge in [-0.15, -0.1) is 0 Å². The maximum atomic E-state index is 12.1. The number of nitrogens with zero attached hydrogens (tertiary/aromatic N) is 6. The predicted molar refractivity (Wildman–Crippen MR) is 109 cm³/mol. The van der Waals surface area contributed by atoms with Crippen LogP contribution in [-0.2, 0) is 9.53 Å². The van der Waals surface area contributed by atoms with Gasteiger partial charge in [-0.3, -0.25) is 4.79 Å². The van der Waals surface area contributed by atoms with Gasteiger partial charge in [0.1, 0.15) is 18.8 Å². The lowest BCUT2D eigenvalue weighted by Gasteiger charge is -2.09. The molecule has 4 aromatic rings. The summed E-state index contributed by atoms with van der Waals surface area (Å²) in [5, 5.41) is 13.0. The molecule has 4 rings (SSSR count). The van der Waals surface area contributed by atoms with E-state index in [0.29, 0.717) is 34.3 Å². The first-order valence-corrected chi connectivity index (χ1v) is 9.34. The molecule has 0 aliphatic rings. The van der Waals surface area contributed by atoms with E-state index in [1.807, 2.05) is 26.0 Å². The van der Waals surface area contributed by atoms with Crippen molar-refractivity contribution in [3.63, 3.8) is 0 Å². The lowest BCUT2D eigenvalue weighted by atomic mass is 10.3. The highest BCUT2D eigenvalue weighted by Gasteiger charge is 2.17. The molecule has 0 aliphatic carbocycles. The van der Waals surface area contributed by atoms with Crippen LogP contribution in [0.3, 0.4) is 0 Å². The fraction of sp³-hybridized carbons (Fsp3) is 0.211. The molecule has 0 saturated carbocycles. The van der Waals surface area contributed by atoms with Crippen LogP contribution in [0.5, 0.6) is 0 Å². The first-order chi connectivity index (χ1) is 14.1. The maximum absolute atomic E-state index is 12.1. The highest BCUT2D eigenvalue weighted by atomic mass is 35.5. The summed E-state index contributed by atoms with van der Waals surface area (Å²) in [6.45, 7) is 4.10. The van der Waals surface area contributed by atoms with Gasteiger partial charge in [0.2, 0.25) is 0 Å². The van der Waals surface area contributed by atoms with Crippen LogP contribution in [0.25, 0.3) is 22.5 Å². The van der Waals surface area contributed by atoms with Gasteiger partial charge in [-0.25, -0.2) is 14.6 Å². The van der Waals surface area contributed by atoms with Crippen molar-refractivity contribution >= 4 is 34.4 Å². The Morgan fingerprint density at radius 1 is 1.21 bits per heavy atom. The zero-order chi connectivity index (χ0) is 20.4. The smallest absolute Gasteiger partial charge is 0.251 e. The van der Waals surface area contributed by atoms with Gasteiger partial charge in [0, 0.05) is 17.7 Å². The number of halogens is 1. The van der Waals surface area contributed by atoms with Crippen molar-refractivity contribution in [2.24, 2.45) is 0 Å². The summed E-state index contributed by atoms with van der Waals surface area (Å²) in [5.41, 5.74) is 2.15. The summed E-state index contributed by atoms with van der Waals surface area (Å²) >= 11 is 5.98. The number of anilines is 1. The van der Waals surface area contributed by atoms with Gasteiger partial charge in [0.05, 0.1) is 23.0 Å². The van der Waals surface area contributed by atoms with Crippen molar-refractivity contribution in [2.45, 2.75) is 13.8 Å². The molecule has 1 amide bonds. The lowest BCUT2D eigenvalue weighted by molar-refractivity contribution is -0.120. The molecular formula is C19H18ClN7O2. The number of carbonyl (C=O) groups is 1. The van der Waals surface area contributed by atoms with Gasteiger partial charge in [-0.1, -0.05) is 11.6 Å². The number of ether oxygens (including phenoxy) is 1. The van der Waals surface area contributed by atoms with Crippen LogP contribution in [0.15, 0.2) is 42.9 Å². The second-order valence-electron chi connectivity index (χ2n) is 6.24. The van der Waals surface area contributed by atoms with E-state index in [-0.39, 0.29) is 12.5 Å². The number of hydrogen-bond donors (Lipinski definition) is 1. The first kappa shape index (κ1) is 19.0. The zero-order valence-electron chi connectivity index (χ0n) is 15.8. The molecule has 3 heterocycles. The van der Waals surface area contributed by atoms with Crippen molar-refractivity contribution in [2.75, 3.05) is 18.5 Å². The predicted octanol–water partition coefficient (Wildman–Crippen LogP) is 2.94. The van der Waals surface area contributed by atoms with E-state index < -0.39 is 0 Å². The van der Waals surface area contributed by atoms with Gasteiger partial charge in [0.15, 0.2) is 11.5 Å². The number of benzene rings is 1. The molecule has 29 heavy (non-hydrogen) atoms. The topological polar surface area (TPSA) is 99.8 Å². The standard InChI is InChI=1S/C19H18ClN7O2/c1-3-29-10-17(28)24-16-8-12(2)25-27(16)19-15-9-23-26(18(15)21-11-22-19)14-6-4-13(20)5-7-14/h4-9,11H,3,10H2,1-2H3,(H,24,28). The van der Waals surface area contributed by atoms with Crippen LogP contribution in [0.4, 0.5) is 5.82 Å². The van der Waals surface area contributed by atoms with E-state index in [1.165, 1.54) is 6.33 Å². The molecule has 0 spiro atoms. The van der Waals surface area contributed by atoms with Crippen LogP contribution in [0.2, 0.25) is 5.02 Å². The Morgan fingerprint density at radius 2 is 2.00 bits per heavy atom. The van der Waals surface area contributed by atoms with E-state index in [4.69, 9.17) is 16.3 Å². The van der Waals surface area contributed by atoms with Crippen LogP contribution >= 0.6 is 11.6 Å². The van der Waals surface area contributed by atoms with Crippen molar-refractivity contribution in [1.29, 1.82) is 0 Å². The number of rotatable bonds is 6. The average molecular weight is 412 g/mol. The number of fused-ring (bicyclic) bond motifs is 1. The molecule has 1 N–H and O–H groups in total. The van der Waals surface area contributed by atoms with E-state index in [0.717, 1.165) is 11.4 Å². The first-order valence-electron chi connectivity index (χ1n) is 8.96. The minimum Gasteiger partial charge on any atom is -0.372 e. The minimum atomic E-state index is -0.268. The monoisotopic (exact) mass is 411 g/mol. The Balaban J connectivity index is 1.76. The van der Waals surface area contributed by atoms with Gasteiger partial charge in [-0.2, -0.15) is 14.9 Å². The largest absolute Gasteiger partial charge is 0.372 e. The number of carbonyl (C=O) groups excluding carboxylic acids is 1. The fourth-order valence-electron chi connectivity index (χ4n) is 2.90. The molecule has 0 radical (unpaired) electrons. The average Bonchev–Trinajstić information content (AvgIpc) is 3.30. The molecule has 1 aromatic carbocycles. The second-order valence-corrected chi connectivity index (χ2v) is 6.67. The highest BCUT2D eigenvalue weighted by molar-refractivity contribution is 6.30. The number of aryl methyl sites for hydroxylation is 1. The van der Waals surface area contributed by atoms with Crippen LogP contribution in [0, 0.1) is 6.92 Å². The second kappa shape index (κ2) is 7.98. The molecule has 0 aliphatic heterocycles. The SMILES string of the molecule is CCOCC(=O)Nc1cc(C)nn1-c1ncnc2c1cnn2-c1ccc(Cl)cc1. The number of aromatic nitrogens is 6. The van der Waals surface area contributed by atoms with Crippen molar-refractivity contribution < 1.29 is 9.53 Å². The van der Waals surface area contributed by atoms with E-state index in [9.17, 15) is 4.79 Å². The van der Waals surface area contributed by atoms with Gasteiger partial charge in [-0.05, 0) is 38.1 Å². The van der Waals surface area contributed by atoms with E-state index in [1.54, 1.807) is 33.8 Å². The molecule has 0 unspecified atom stereocenters. The molecule has 9 nitrogen and oxygen atoms in total. The summed E-state index contributed by atoms with van der Waals surface area (Å²) in [4.78, 5) is 20.9. The Kier molecular flexibility index (Phi) is 5.24. The van der Waals surface area contributed by atoms with E-state index >= 15 is 0 Å². The molecule has 0 saturated heterocycles. The third-order valence-electron chi connectivity index (χ3n) is 4.15. The molecular weight excluding hydrogens is 394 g/mol. The summed E-state index contributed by atoms with van der Waals surface area (Å²) in [7, 11) is 0. The van der Waals surface area contributed by atoms with Crippen molar-refractivity contribution in [3.05, 3.63) is 53.6 Å². The summed E-state index contributed by atoms with van der Waals surface area (Å²) in [5.74, 6) is 0.733. The molecule has 0 fully saturated rings. The Bertz CT molecular complexity index is 1170. The molecule has 0 bridgehead atoms. The van der Waals surface area contributed by atoms with Gasteiger partial charge < -0.3 is 10.1 Å². The van der Waals surface area contributed by atoms with Gasteiger partial charge in [0.25, 0.3) is 5.91 Å². The molecule has 3 aromatic heterocycles. The Labute approximate surface area is 171 Å². The number of hydrogen-bond acceptors (Lipinski definition) is 6. The molecule has 10 heteroatoms. The fourth-order valence-corrected chi connectivity index (χ4v) is 3.02. The Hall–Kier alpha value is -3.30. The molecule has 148 valence electrons. The summed E-state index contributed by atoms with van der Waals surface area (Å²) < 4.78 is 8.42.